The van der Waals surface area contributed by atoms with Gasteiger partial charge in [-0.1, -0.05) is 0 Å². The second kappa shape index (κ2) is 6.02. The lowest BCUT2D eigenvalue weighted by Crippen LogP contribution is -2.33. The number of methoxy groups -OCH3 is 1. The van der Waals surface area contributed by atoms with Crippen LogP contribution in [0.4, 0.5) is 0 Å². The zero-order chi connectivity index (χ0) is 15.6. The average molecular weight is 309 g/mol. The third-order valence-corrected chi connectivity index (χ3v) is 5.75. The minimum atomic E-state index is -3.63. The molecule has 6 nitrogen and oxygen atoms in total. The zero-order valence-electron chi connectivity index (χ0n) is 12.1. The van der Waals surface area contributed by atoms with Gasteiger partial charge in [-0.05, 0) is 37.5 Å². The smallest absolute Gasteiger partial charge is 0.246 e. The molecule has 0 saturated carbocycles. The molecule has 1 heterocycles. The van der Waals surface area contributed by atoms with Crippen LogP contribution in [0.15, 0.2) is 23.1 Å². The number of hydrogen-bond donors (Lipinski definition) is 1. The standard InChI is InChI=1S/C14H19N3O3S/c1-10(16)12-5-6-17(9-12)21(18,19)14-4-3-11(8-15)7-13(14)20-2/h3-4,7,10,12H,5-6,9,16H2,1-2H3. The first-order valence-corrected chi connectivity index (χ1v) is 8.18. The van der Waals surface area contributed by atoms with Crippen LogP contribution in [0.5, 0.6) is 5.75 Å². The third-order valence-electron chi connectivity index (χ3n) is 3.84. The summed E-state index contributed by atoms with van der Waals surface area (Å²) in [6.45, 7) is 2.77. The number of hydrogen-bond acceptors (Lipinski definition) is 5. The molecule has 1 aromatic rings. The van der Waals surface area contributed by atoms with Crippen molar-refractivity contribution in [2.45, 2.75) is 24.3 Å². The Balaban J connectivity index is 2.35. The number of nitrogens with zero attached hydrogens (tertiary/aromatic N) is 2. The predicted octanol–water partition coefficient (Wildman–Crippen LogP) is 0.925. The van der Waals surface area contributed by atoms with Gasteiger partial charge in [0.2, 0.25) is 10.0 Å². The molecule has 1 aliphatic rings. The van der Waals surface area contributed by atoms with Crippen molar-refractivity contribution in [3.8, 4) is 11.8 Å². The molecular weight excluding hydrogens is 290 g/mol. The second-order valence-corrected chi connectivity index (χ2v) is 7.15. The summed E-state index contributed by atoms with van der Waals surface area (Å²) in [6, 6.07) is 6.27. The van der Waals surface area contributed by atoms with Gasteiger partial charge in [-0.15, -0.1) is 0 Å². The maximum Gasteiger partial charge on any atom is 0.246 e. The lowest BCUT2D eigenvalue weighted by atomic mass is 10.0. The number of nitrogens with two attached hydrogens (primary N) is 1. The average Bonchev–Trinajstić information content (AvgIpc) is 2.97. The van der Waals surface area contributed by atoms with E-state index < -0.39 is 10.0 Å². The van der Waals surface area contributed by atoms with Crippen molar-refractivity contribution in [2.24, 2.45) is 11.7 Å². The van der Waals surface area contributed by atoms with Crippen molar-refractivity contribution >= 4 is 10.0 Å². The first-order valence-electron chi connectivity index (χ1n) is 6.74. The topological polar surface area (TPSA) is 96.4 Å². The van der Waals surface area contributed by atoms with Gasteiger partial charge in [0, 0.05) is 19.1 Å². The summed E-state index contributed by atoms with van der Waals surface area (Å²) in [4.78, 5) is 0.0920. The van der Waals surface area contributed by atoms with Crippen LogP contribution in [0.3, 0.4) is 0 Å². The first-order chi connectivity index (χ1) is 9.90. The fraction of sp³-hybridized carbons (Fsp3) is 0.500. The van der Waals surface area contributed by atoms with Gasteiger partial charge in [0.25, 0.3) is 0 Å². The van der Waals surface area contributed by atoms with Crippen LogP contribution in [0.2, 0.25) is 0 Å². The lowest BCUT2D eigenvalue weighted by Gasteiger charge is -2.19. The molecule has 0 spiro atoms. The van der Waals surface area contributed by atoms with Gasteiger partial charge < -0.3 is 10.5 Å². The summed E-state index contributed by atoms with van der Waals surface area (Å²) < 4.78 is 32.0. The fourth-order valence-corrected chi connectivity index (χ4v) is 4.14. The van der Waals surface area contributed by atoms with Crippen LogP contribution in [-0.4, -0.2) is 39.0 Å². The molecule has 21 heavy (non-hydrogen) atoms. The monoisotopic (exact) mass is 309 g/mol. The molecule has 0 radical (unpaired) electrons. The van der Waals surface area contributed by atoms with Crippen LogP contribution in [0, 0.1) is 17.2 Å². The molecule has 0 amide bonds. The molecule has 0 aromatic heterocycles. The number of rotatable bonds is 4. The Morgan fingerprint density at radius 3 is 2.76 bits per heavy atom. The van der Waals surface area contributed by atoms with Gasteiger partial charge in [-0.2, -0.15) is 9.57 Å². The van der Waals surface area contributed by atoms with Crippen LogP contribution < -0.4 is 10.5 Å². The molecule has 1 aromatic carbocycles. The SMILES string of the molecule is COc1cc(C#N)ccc1S(=O)(=O)N1CCC(C(C)N)C1. The zero-order valence-corrected chi connectivity index (χ0v) is 12.9. The van der Waals surface area contributed by atoms with Crippen molar-refractivity contribution in [2.75, 3.05) is 20.2 Å². The number of ether oxygens (including phenoxy) is 1. The molecule has 2 atom stereocenters. The Morgan fingerprint density at radius 2 is 2.24 bits per heavy atom. The maximum atomic E-state index is 12.7. The number of sulfonamides is 1. The summed E-state index contributed by atoms with van der Waals surface area (Å²) in [5.41, 5.74) is 6.22. The Labute approximate surface area is 125 Å². The van der Waals surface area contributed by atoms with Crippen molar-refractivity contribution in [3.05, 3.63) is 23.8 Å². The largest absolute Gasteiger partial charge is 0.495 e. The van der Waals surface area contributed by atoms with E-state index in [0.717, 1.165) is 6.42 Å². The summed E-state index contributed by atoms with van der Waals surface area (Å²) in [7, 11) is -2.24. The van der Waals surface area contributed by atoms with Gasteiger partial charge in [0.1, 0.15) is 10.6 Å². The van der Waals surface area contributed by atoms with E-state index in [1.165, 1.54) is 29.6 Å². The Kier molecular flexibility index (Phi) is 4.52. The highest BCUT2D eigenvalue weighted by Gasteiger charge is 2.35. The van der Waals surface area contributed by atoms with E-state index in [0.29, 0.717) is 18.7 Å². The molecule has 2 N–H and O–H groups in total. The van der Waals surface area contributed by atoms with Crippen LogP contribution in [0.1, 0.15) is 18.9 Å². The van der Waals surface area contributed by atoms with E-state index in [2.05, 4.69) is 0 Å². The molecule has 2 rings (SSSR count). The maximum absolute atomic E-state index is 12.7. The van der Waals surface area contributed by atoms with Crippen molar-refractivity contribution in [1.82, 2.24) is 4.31 Å². The van der Waals surface area contributed by atoms with Crippen molar-refractivity contribution < 1.29 is 13.2 Å². The number of nitriles is 1. The molecule has 1 fully saturated rings. The molecule has 0 bridgehead atoms. The van der Waals surface area contributed by atoms with E-state index in [-0.39, 0.29) is 22.6 Å². The van der Waals surface area contributed by atoms with Gasteiger partial charge in [0.05, 0.1) is 18.7 Å². The van der Waals surface area contributed by atoms with Crippen LogP contribution in [-0.2, 0) is 10.0 Å². The van der Waals surface area contributed by atoms with E-state index in [1.807, 2.05) is 13.0 Å². The summed E-state index contributed by atoms with van der Waals surface area (Å²) in [6.07, 6.45) is 0.759. The molecule has 1 saturated heterocycles. The number of benzene rings is 1. The highest BCUT2D eigenvalue weighted by Crippen LogP contribution is 2.31. The summed E-state index contributed by atoms with van der Waals surface area (Å²) >= 11 is 0. The van der Waals surface area contributed by atoms with E-state index in [9.17, 15) is 8.42 Å². The Hall–Kier alpha value is -1.62. The Morgan fingerprint density at radius 1 is 1.52 bits per heavy atom. The first kappa shape index (κ1) is 15.8. The lowest BCUT2D eigenvalue weighted by molar-refractivity contribution is 0.395. The van der Waals surface area contributed by atoms with E-state index in [4.69, 9.17) is 15.7 Å². The molecule has 114 valence electrons. The van der Waals surface area contributed by atoms with Gasteiger partial charge >= 0.3 is 0 Å². The van der Waals surface area contributed by atoms with E-state index >= 15 is 0 Å². The molecule has 2 unspecified atom stereocenters. The highest BCUT2D eigenvalue weighted by molar-refractivity contribution is 7.89. The van der Waals surface area contributed by atoms with Crippen molar-refractivity contribution in [3.63, 3.8) is 0 Å². The van der Waals surface area contributed by atoms with Crippen molar-refractivity contribution in [1.29, 1.82) is 5.26 Å². The normalized spacial score (nSPS) is 21.0. The molecule has 0 aliphatic carbocycles. The Bertz CT molecular complexity index is 665. The highest BCUT2D eigenvalue weighted by atomic mass is 32.2. The summed E-state index contributed by atoms with van der Waals surface area (Å²) in [5.74, 6) is 0.363. The minimum Gasteiger partial charge on any atom is -0.495 e. The minimum absolute atomic E-state index is 0.0342. The van der Waals surface area contributed by atoms with Gasteiger partial charge in [-0.3, -0.25) is 0 Å². The third kappa shape index (κ3) is 3.02. The summed E-state index contributed by atoms with van der Waals surface area (Å²) in [5, 5.41) is 8.88. The quantitative estimate of drug-likeness (QED) is 0.892. The van der Waals surface area contributed by atoms with Crippen LogP contribution >= 0.6 is 0 Å². The van der Waals surface area contributed by atoms with Crippen LogP contribution in [0.25, 0.3) is 0 Å². The predicted molar refractivity (Wildman–Crippen MR) is 78.2 cm³/mol. The van der Waals surface area contributed by atoms with Gasteiger partial charge in [0.15, 0.2) is 0 Å². The fourth-order valence-electron chi connectivity index (χ4n) is 2.49. The molecule has 7 heteroatoms. The van der Waals surface area contributed by atoms with Gasteiger partial charge in [-0.25, -0.2) is 8.42 Å². The molecule has 1 aliphatic heterocycles. The van der Waals surface area contributed by atoms with E-state index in [1.54, 1.807) is 0 Å². The second-order valence-electron chi connectivity index (χ2n) is 5.25. The molecular formula is C14H19N3O3S.